The smallest absolute Gasteiger partial charge is 0.224 e. The number of nitrogens with one attached hydrogen (secondary N) is 1. The highest BCUT2D eigenvalue weighted by Gasteiger charge is 2.17. The number of nitrogens with zero attached hydrogens (tertiary/aromatic N) is 5. The van der Waals surface area contributed by atoms with Gasteiger partial charge in [0.2, 0.25) is 5.91 Å². The van der Waals surface area contributed by atoms with E-state index in [1.807, 2.05) is 25.1 Å². The first-order valence-electron chi connectivity index (χ1n) is 7.70. The van der Waals surface area contributed by atoms with Gasteiger partial charge in [0, 0.05) is 19.5 Å². The molecule has 1 aromatic carbocycles. The minimum absolute atomic E-state index is 0.0387. The fourth-order valence-electron chi connectivity index (χ4n) is 2.72. The summed E-state index contributed by atoms with van der Waals surface area (Å²) in [5.41, 5.74) is 2.73. The number of carbonyl (C=O) groups is 1. The van der Waals surface area contributed by atoms with E-state index in [-0.39, 0.29) is 5.91 Å². The largest absolute Gasteiger partial charge is 0.370 e. The molecule has 0 unspecified atom stereocenters. The maximum atomic E-state index is 12.0. The Kier molecular flexibility index (Phi) is 4.32. The lowest BCUT2D eigenvalue weighted by molar-refractivity contribution is -0.116. The van der Waals surface area contributed by atoms with Crippen LogP contribution >= 0.6 is 0 Å². The molecule has 3 rings (SSSR count). The van der Waals surface area contributed by atoms with Gasteiger partial charge in [-0.25, -0.2) is 4.68 Å². The number of tetrazole rings is 1. The van der Waals surface area contributed by atoms with Gasteiger partial charge in [-0.3, -0.25) is 4.79 Å². The Morgan fingerprint density at radius 3 is 2.82 bits per heavy atom. The summed E-state index contributed by atoms with van der Waals surface area (Å²) in [6.07, 6.45) is 5.28. The molecule has 0 spiro atoms. The normalized spacial score (nSPS) is 14.3. The van der Waals surface area contributed by atoms with Crippen molar-refractivity contribution in [2.75, 3.05) is 23.3 Å². The summed E-state index contributed by atoms with van der Waals surface area (Å²) < 4.78 is 1.59. The summed E-state index contributed by atoms with van der Waals surface area (Å²) in [5, 5.41) is 14.2. The summed E-state index contributed by atoms with van der Waals surface area (Å²) in [6, 6.07) is 5.93. The Labute approximate surface area is 129 Å². The second kappa shape index (κ2) is 6.55. The second-order valence-corrected chi connectivity index (χ2v) is 5.45. The predicted molar refractivity (Wildman–Crippen MR) is 84.1 cm³/mol. The third kappa shape index (κ3) is 3.08. The van der Waals surface area contributed by atoms with Crippen molar-refractivity contribution >= 4 is 17.3 Å². The number of rotatable bonds is 5. The summed E-state index contributed by atoms with van der Waals surface area (Å²) in [6.45, 7) is 4.06. The van der Waals surface area contributed by atoms with Crippen LogP contribution in [0.5, 0.6) is 0 Å². The summed E-state index contributed by atoms with van der Waals surface area (Å²) >= 11 is 0. The van der Waals surface area contributed by atoms with E-state index in [2.05, 4.69) is 25.7 Å². The zero-order valence-corrected chi connectivity index (χ0v) is 12.7. The first kappa shape index (κ1) is 14.5. The van der Waals surface area contributed by atoms with Crippen molar-refractivity contribution in [2.24, 2.45) is 0 Å². The van der Waals surface area contributed by atoms with Gasteiger partial charge in [-0.15, -0.1) is 5.10 Å². The van der Waals surface area contributed by atoms with E-state index in [0.29, 0.717) is 6.42 Å². The third-order valence-corrected chi connectivity index (χ3v) is 3.79. The summed E-state index contributed by atoms with van der Waals surface area (Å²) in [5.74, 6) is 0.0387. The molecule has 0 bridgehead atoms. The van der Waals surface area contributed by atoms with E-state index < -0.39 is 0 Å². The Hall–Kier alpha value is -2.44. The van der Waals surface area contributed by atoms with Crippen molar-refractivity contribution in [3.05, 3.63) is 24.5 Å². The Morgan fingerprint density at radius 1 is 1.32 bits per heavy atom. The van der Waals surface area contributed by atoms with Gasteiger partial charge in [-0.2, -0.15) is 0 Å². The van der Waals surface area contributed by atoms with Gasteiger partial charge >= 0.3 is 0 Å². The van der Waals surface area contributed by atoms with Crippen LogP contribution < -0.4 is 10.2 Å². The molecule has 2 aromatic rings. The SMILES string of the molecule is CCCC(=O)Nc1cc(-n2cnnn2)ccc1N1CCCC1. The van der Waals surface area contributed by atoms with E-state index in [1.54, 1.807) is 11.0 Å². The van der Waals surface area contributed by atoms with Crippen molar-refractivity contribution in [1.29, 1.82) is 0 Å². The van der Waals surface area contributed by atoms with Crippen LogP contribution in [0.15, 0.2) is 24.5 Å². The van der Waals surface area contributed by atoms with Crippen molar-refractivity contribution in [2.45, 2.75) is 32.6 Å². The lowest BCUT2D eigenvalue weighted by Crippen LogP contribution is -2.21. The minimum atomic E-state index is 0.0387. The molecule has 1 aliphatic rings. The van der Waals surface area contributed by atoms with Gasteiger partial charge in [0.25, 0.3) is 0 Å². The van der Waals surface area contributed by atoms with Crippen LogP contribution in [0.1, 0.15) is 32.6 Å². The quantitative estimate of drug-likeness (QED) is 0.914. The standard InChI is InChI=1S/C15H20N6O/c1-2-5-15(22)17-13-10-12(21-11-16-18-19-21)6-7-14(13)20-8-3-4-9-20/h6-7,10-11H,2-5,8-9H2,1H3,(H,17,22). The minimum Gasteiger partial charge on any atom is -0.370 e. The van der Waals surface area contributed by atoms with Gasteiger partial charge < -0.3 is 10.2 Å². The average molecular weight is 300 g/mol. The van der Waals surface area contributed by atoms with Gasteiger partial charge in [-0.05, 0) is 47.9 Å². The first-order valence-corrected chi connectivity index (χ1v) is 7.70. The van der Waals surface area contributed by atoms with Gasteiger partial charge in [0.05, 0.1) is 17.1 Å². The van der Waals surface area contributed by atoms with Crippen molar-refractivity contribution in [1.82, 2.24) is 20.2 Å². The molecular weight excluding hydrogens is 280 g/mol. The molecule has 1 fully saturated rings. The number of carbonyl (C=O) groups excluding carboxylic acids is 1. The van der Waals surface area contributed by atoms with Crippen LogP contribution in [0.4, 0.5) is 11.4 Å². The van der Waals surface area contributed by atoms with E-state index in [9.17, 15) is 4.79 Å². The van der Waals surface area contributed by atoms with Gasteiger partial charge in [-0.1, -0.05) is 6.92 Å². The van der Waals surface area contributed by atoms with E-state index in [0.717, 1.165) is 36.6 Å². The van der Waals surface area contributed by atoms with Crippen LogP contribution in [0.25, 0.3) is 5.69 Å². The highest BCUT2D eigenvalue weighted by atomic mass is 16.1. The maximum absolute atomic E-state index is 12.0. The molecular formula is C15H20N6O. The number of benzene rings is 1. The molecule has 1 amide bonds. The number of aromatic nitrogens is 4. The first-order chi connectivity index (χ1) is 10.8. The maximum Gasteiger partial charge on any atom is 0.224 e. The second-order valence-electron chi connectivity index (χ2n) is 5.45. The van der Waals surface area contributed by atoms with E-state index in [1.165, 1.54) is 12.8 Å². The fraction of sp³-hybridized carbons (Fsp3) is 0.467. The molecule has 0 aliphatic carbocycles. The molecule has 1 aromatic heterocycles. The lowest BCUT2D eigenvalue weighted by Gasteiger charge is -2.22. The van der Waals surface area contributed by atoms with Gasteiger partial charge in [0.15, 0.2) is 0 Å². The molecule has 7 heteroatoms. The zero-order valence-electron chi connectivity index (χ0n) is 12.7. The average Bonchev–Trinajstić information content (AvgIpc) is 3.21. The Bertz CT molecular complexity index is 633. The molecule has 2 heterocycles. The van der Waals surface area contributed by atoms with Crippen molar-refractivity contribution < 1.29 is 4.79 Å². The molecule has 1 saturated heterocycles. The molecule has 116 valence electrons. The van der Waals surface area contributed by atoms with Crippen molar-refractivity contribution in [3.63, 3.8) is 0 Å². The van der Waals surface area contributed by atoms with E-state index >= 15 is 0 Å². The highest BCUT2D eigenvalue weighted by Crippen LogP contribution is 2.31. The Morgan fingerprint density at radius 2 is 2.14 bits per heavy atom. The third-order valence-electron chi connectivity index (χ3n) is 3.79. The lowest BCUT2D eigenvalue weighted by atomic mass is 10.2. The molecule has 0 saturated carbocycles. The molecule has 7 nitrogen and oxygen atoms in total. The van der Waals surface area contributed by atoms with Crippen LogP contribution in [-0.2, 0) is 4.79 Å². The number of hydrogen-bond acceptors (Lipinski definition) is 5. The number of anilines is 2. The predicted octanol–water partition coefficient (Wildman–Crippen LogP) is 2.00. The molecule has 1 aliphatic heterocycles. The number of hydrogen-bond donors (Lipinski definition) is 1. The van der Waals surface area contributed by atoms with Crippen LogP contribution in [0.3, 0.4) is 0 Å². The molecule has 1 N–H and O–H groups in total. The summed E-state index contributed by atoms with van der Waals surface area (Å²) in [4.78, 5) is 14.3. The summed E-state index contributed by atoms with van der Waals surface area (Å²) in [7, 11) is 0. The van der Waals surface area contributed by atoms with Crippen LogP contribution in [0.2, 0.25) is 0 Å². The fourth-order valence-corrected chi connectivity index (χ4v) is 2.72. The zero-order chi connectivity index (χ0) is 15.4. The van der Waals surface area contributed by atoms with E-state index in [4.69, 9.17) is 0 Å². The molecule has 0 atom stereocenters. The topological polar surface area (TPSA) is 75.9 Å². The van der Waals surface area contributed by atoms with Crippen LogP contribution in [0, 0.1) is 0 Å². The van der Waals surface area contributed by atoms with Gasteiger partial charge in [0.1, 0.15) is 6.33 Å². The Balaban J connectivity index is 1.92. The number of amides is 1. The molecule has 22 heavy (non-hydrogen) atoms. The monoisotopic (exact) mass is 300 g/mol. The molecule has 0 radical (unpaired) electrons. The van der Waals surface area contributed by atoms with Crippen molar-refractivity contribution in [3.8, 4) is 5.69 Å². The van der Waals surface area contributed by atoms with Crippen LogP contribution in [-0.4, -0.2) is 39.2 Å². The highest BCUT2D eigenvalue weighted by molar-refractivity contribution is 5.94.